The van der Waals surface area contributed by atoms with Crippen LogP contribution >= 0.6 is 0 Å². The number of aryl methyl sites for hydroxylation is 2. The molecule has 3 aliphatic rings. The number of rotatable bonds is 7. The van der Waals surface area contributed by atoms with Gasteiger partial charge >= 0.3 is 10.2 Å². The van der Waals surface area contributed by atoms with Crippen molar-refractivity contribution in [2.45, 2.75) is 32.5 Å². The number of hydrogen-bond donors (Lipinski definition) is 1. The molecule has 2 aromatic rings. The molecule has 1 N–H and O–H groups in total. The van der Waals surface area contributed by atoms with Gasteiger partial charge in [-0.2, -0.15) is 12.7 Å². The van der Waals surface area contributed by atoms with E-state index in [1.807, 2.05) is 32.0 Å². The average Bonchev–Trinajstić information content (AvgIpc) is 3.19. The normalized spacial score (nSPS) is 26.4. The summed E-state index contributed by atoms with van der Waals surface area (Å²) in [5.74, 6) is 1.54. The maximum absolute atomic E-state index is 13.2. The fraction of sp³-hybridized carbons (Fsp3) is 0.480. The van der Waals surface area contributed by atoms with Gasteiger partial charge in [0.05, 0.1) is 18.8 Å². The van der Waals surface area contributed by atoms with E-state index in [1.165, 1.54) is 4.31 Å². The van der Waals surface area contributed by atoms with Gasteiger partial charge in [-0.1, -0.05) is 24.3 Å². The highest BCUT2D eigenvalue weighted by molar-refractivity contribution is 7.90. The molecule has 8 nitrogen and oxygen atoms in total. The number of carbonyl (C=O) groups is 1. The number of piperidine rings is 1. The van der Waals surface area contributed by atoms with Crippen molar-refractivity contribution in [2.75, 3.05) is 38.0 Å². The number of benzene rings is 2. The molecule has 1 amide bonds. The molecule has 1 saturated carbocycles. The van der Waals surface area contributed by atoms with E-state index in [4.69, 9.17) is 9.47 Å². The molecule has 2 unspecified atom stereocenters. The molecular formula is C25H31N3O5S. The largest absolute Gasteiger partial charge is 0.486 e. The second-order valence-electron chi connectivity index (χ2n) is 9.62. The van der Waals surface area contributed by atoms with E-state index in [1.54, 1.807) is 36.3 Å². The molecule has 1 aliphatic carbocycles. The molecule has 0 radical (unpaired) electrons. The predicted molar refractivity (Wildman–Crippen MR) is 129 cm³/mol. The zero-order valence-electron chi connectivity index (χ0n) is 19.7. The van der Waals surface area contributed by atoms with Crippen molar-refractivity contribution in [3.63, 3.8) is 0 Å². The summed E-state index contributed by atoms with van der Waals surface area (Å²) in [6.07, 6.45) is 0.487. The molecule has 4 atom stereocenters. The van der Waals surface area contributed by atoms with E-state index < -0.39 is 10.2 Å². The molecule has 2 aromatic carbocycles. The Kier molecular flexibility index (Phi) is 6.03. The number of ether oxygens (including phenoxy) is 2. The molecule has 2 heterocycles. The van der Waals surface area contributed by atoms with Crippen LogP contribution in [0.5, 0.6) is 5.75 Å². The topological polar surface area (TPSA) is 88.2 Å². The molecular weight excluding hydrogens is 454 g/mol. The van der Waals surface area contributed by atoms with Gasteiger partial charge in [0.1, 0.15) is 18.0 Å². The van der Waals surface area contributed by atoms with Crippen molar-refractivity contribution in [2.24, 2.45) is 11.8 Å². The first kappa shape index (κ1) is 23.1. The van der Waals surface area contributed by atoms with Crippen molar-refractivity contribution in [3.8, 4) is 5.75 Å². The third-order valence-corrected chi connectivity index (χ3v) is 8.63. The summed E-state index contributed by atoms with van der Waals surface area (Å²) in [4.78, 5) is 15.0. The van der Waals surface area contributed by atoms with Crippen LogP contribution in [0.3, 0.4) is 0 Å². The highest BCUT2D eigenvalue weighted by atomic mass is 32.2. The minimum atomic E-state index is -3.58. The first-order chi connectivity index (χ1) is 16.2. The average molecular weight is 486 g/mol. The predicted octanol–water partition coefficient (Wildman–Crippen LogP) is 2.83. The molecule has 0 spiro atoms. The van der Waals surface area contributed by atoms with Gasteiger partial charge < -0.3 is 14.4 Å². The summed E-state index contributed by atoms with van der Waals surface area (Å²) in [6.45, 7) is 5.89. The fourth-order valence-corrected chi connectivity index (χ4v) is 6.46. The summed E-state index contributed by atoms with van der Waals surface area (Å²) < 4.78 is 41.5. The zero-order valence-corrected chi connectivity index (χ0v) is 20.5. The smallest absolute Gasteiger partial charge is 0.301 e. The molecule has 182 valence electrons. The van der Waals surface area contributed by atoms with Gasteiger partial charge in [0.25, 0.3) is 5.91 Å². The van der Waals surface area contributed by atoms with Crippen molar-refractivity contribution < 1.29 is 22.7 Å². The Labute approximate surface area is 201 Å². The van der Waals surface area contributed by atoms with Crippen LogP contribution in [0.15, 0.2) is 42.5 Å². The number of amides is 1. The van der Waals surface area contributed by atoms with Gasteiger partial charge in [-0.3, -0.25) is 9.52 Å². The lowest BCUT2D eigenvalue weighted by Gasteiger charge is -2.21. The van der Waals surface area contributed by atoms with Crippen LogP contribution in [-0.4, -0.2) is 69.0 Å². The second-order valence-corrected chi connectivity index (χ2v) is 11.3. The Morgan fingerprint density at radius 2 is 1.62 bits per heavy atom. The van der Waals surface area contributed by atoms with E-state index in [2.05, 4.69) is 4.72 Å². The molecule has 2 aliphatic heterocycles. The number of likely N-dealkylation sites (tertiary alicyclic amines) is 1. The van der Waals surface area contributed by atoms with Crippen molar-refractivity contribution in [1.82, 2.24) is 9.21 Å². The SMILES string of the molecule is CO[C@@H]1CN(C(=O)c2c(C)cccc2C)C[C@H]1Oc1cccc(NS(=O)(=O)N2CC3CC3C2)c1. The van der Waals surface area contributed by atoms with E-state index in [0.717, 1.165) is 17.5 Å². The first-order valence-electron chi connectivity index (χ1n) is 11.7. The molecule has 9 heteroatoms. The van der Waals surface area contributed by atoms with Gasteiger partial charge in [-0.05, 0) is 55.4 Å². The van der Waals surface area contributed by atoms with Crippen molar-refractivity contribution >= 4 is 21.8 Å². The summed E-state index contributed by atoms with van der Waals surface area (Å²) >= 11 is 0. The van der Waals surface area contributed by atoms with Gasteiger partial charge in [-0.15, -0.1) is 0 Å². The monoisotopic (exact) mass is 485 g/mol. The first-order valence-corrected chi connectivity index (χ1v) is 13.1. The second kappa shape index (κ2) is 8.87. The van der Waals surface area contributed by atoms with Gasteiger partial charge in [-0.25, -0.2) is 0 Å². The van der Waals surface area contributed by atoms with E-state index in [0.29, 0.717) is 55.0 Å². The van der Waals surface area contributed by atoms with Crippen molar-refractivity contribution in [3.05, 3.63) is 59.2 Å². The Bertz CT molecular complexity index is 1170. The number of nitrogens with one attached hydrogen (secondary N) is 1. The maximum atomic E-state index is 13.2. The number of anilines is 1. The van der Waals surface area contributed by atoms with Gasteiger partial charge in [0.15, 0.2) is 0 Å². The van der Waals surface area contributed by atoms with Crippen LogP contribution < -0.4 is 9.46 Å². The third kappa shape index (κ3) is 4.52. The molecule has 2 saturated heterocycles. The lowest BCUT2D eigenvalue weighted by Crippen LogP contribution is -2.35. The zero-order chi connectivity index (χ0) is 24.0. The standard InChI is InChI=1S/C25H31N3O5S/c1-16-6-4-7-17(2)24(16)25(29)27-14-22(32-3)23(15-27)33-21-9-5-8-20(11-21)26-34(30,31)28-12-18-10-19(18)13-28/h4-9,11,18-19,22-23,26H,10,12-15H2,1-3H3/t18?,19?,22-,23-/m1/s1. The van der Waals surface area contributed by atoms with Crippen LogP contribution in [0.4, 0.5) is 5.69 Å². The third-order valence-electron chi connectivity index (χ3n) is 7.15. The summed E-state index contributed by atoms with van der Waals surface area (Å²) in [5.41, 5.74) is 3.06. The van der Waals surface area contributed by atoms with E-state index in [9.17, 15) is 13.2 Å². The summed E-state index contributed by atoms with van der Waals surface area (Å²) in [5, 5.41) is 0. The number of methoxy groups -OCH3 is 1. The van der Waals surface area contributed by atoms with Gasteiger partial charge in [0, 0.05) is 31.8 Å². The fourth-order valence-electron chi connectivity index (χ4n) is 5.13. The van der Waals surface area contributed by atoms with Gasteiger partial charge in [0.2, 0.25) is 0 Å². The number of hydrogen-bond acceptors (Lipinski definition) is 5. The van der Waals surface area contributed by atoms with Crippen LogP contribution in [0.1, 0.15) is 27.9 Å². The Hall–Kier alpha value is -2.62. The summed E-state index contributed by atoms with van der Waals surface area (Å²) in [7, 11) is -1.97. The number of nitrogens with zero attached hydrogens (tertiary/aromatic N) is 2. The highest BCUT2D eigenvalue weighted by Gasteiger charge is 2.48. The van der Waals surface area contributed by atoms with Crippen molar-refractivity contribution in [1.29, 1.82) is 0 Å². The Morgan fingerprint density at radius 3 is 2.29 bits per heavy atom. The lowest BCUT2D eigenvalue weighted by molar-refractivity contribution is 0.0340. The Morgan fingerprint density at radius 1 is 0.971 bits per heavy atom. The molecule has 5 rings (SSSR count). The summed E-state index contributed by atoms with van der Waals surface area (Å²) in [6, 6.07) is 12.8. The molecule has 0 bridgehead atoms. The molecule has 0 aromatic heterocycles. The maximum Gasteiger partial charge on any atom is 0.301 e. The minimum Gasteiger partial charge on any atom is -0.486 e. The number of fused-ring (bicyclic) bond motifs is 1. The Balaban J connectivity index is 1.27. The lowest BCUT2D eigenvalue weighted by atomic mass is 10.0. The number of carbonyl (C=O) groups excluding carboxylic acids is 1. The van der Waals surface area contributed by atoms with Crippen LogP contribution in [0.2, 0.25) is 0 Å². The van der Waals surface area contributed by atoms with Crippen LogP contribution in [-0.2, 0) is 14.9 Å². The van der Waals surface area contributed by atoms with Crippen LogP contribution in [0, 0.1) is 25.7 Å². The quantitative estimate of drug-likeness (QED) is 0.652. The van der Waals surface area contributed by atoms with Crippen LogP contribution in [0.25, 0.3) is 0 Å². The molecule has 3 fully saturated rings. The highest BCUT2D eigenvalue weighted by Crippen LogP contribution is 2.45. The van der Waals surface area contributed by atoms with E-state index >= 15 is 0 Å². The van der Waals surface area contributed by atoms with E-state index in [-0.39, 0.29) is 18.1 Å². The minimum absolute atomic E-state index is 0.0334. The molecule has 34 heavy (non-hydrogen) atoms.